The van der Waals surface area contributed by atoms with E-state index in [9.17, 15) is 14.9 Å². The summed E-state index contributed by atoms with van der Waals surface area (Å²) in [5, 5.41) is 12.4. The summed E-state index contributed by atoms with van der Waals surface area (Å²) >= 11 is 0. The Balaban J connectivity index is 1.70. The number of fused-ring (bicyclic) bond motifs is 2. The third-order valence-electron chi connectivity index (χ3n) is 5.45. The number of benzene rings is 1. The zero-order valence-electron chi connectivity index (χ0n) is 17.1. The van der Waals surface area contributed by atoms with E-state index in [-0.39, 0.29) is 17.9 Å². The van der Waals surface area contributed by atoms with Crippen LogP contribution in [0.25, 0.3) is 0 Å². The Morgan fingerprint density at radius 2 is 2.11 bits per heavy atom. The molecule has 1 saturated heterocycles. The lowest BCUT2D eigenvalue weighted by molar-refractivity contribution is -0.128. The van der Waals surface area contributed by atoms with E-state index in [1.54, 1.807) is 4.90 Å². The van der Waals surface area contributed by atoms with Crippen molar-refractivity contribution in [3.05, 3.63) is 35.4 Å². The number of carbonyl (C=O) groups is 2. The van der Waals surface area contributed by atoms with Gasteiger partial charge in [-0.25, -0.2) is 4.79 Å². The van der Waals surface area contributed by atoms with Crippen LogP contribution in [0.15, 0.2) is 24.3 Å². The van der Waals surface area contributed by atoms with Gasteiger partial charge in [-0.05, 0) is 58.4 Å². The lowest BCUT2D eigenvalue weighted by Gasteiger charge is -2.35. The lowest BCUT2D eigenvalue weighted by atomic mass is 9.97. The van der Waals surface area contributed by atoms with Crippen LogP contribution in [0.4, 0.5) is 4.79 Å². The highest BCUT2D eigenvalue weighted by Gasteiger charge is 2.52. The summed E-state index contributed by atoms with van der Waals surface area (Å²) in [6.45, 7) is 7.46. The van der Waals surface area contributed by atoms with Crippen molar-refractivity contribution in [1.82, 2.24) is 10.2 Å². The Morgan fingerprint density at radius 3 is 2.75 bits per heavy atom. The van der Waals surface area contributed by atoms with Crippen molar-refractivity contribution < 1.29 is 14.3 Å². The summed E-state index contributed by atoms with van der Waals surface area (Å²) in [7, 11) is 0. The molecule has 6 nitrogen and oxygen atoms in total. The third-order valence-corrected chi connectivity index (χ3v) is 5.45. The van der Waals surface area contributed by atoms with Crippen LogP contribution in [0.3, 0.4) is 0 Å². The maximum Gasteiger partial charge on any atom is 0.411 e. The van der Waals surface area contributed by atoms with Gasteiger partial charge in [-0.3, -0.25) is 9.69 Å². The summed E-state index contributed by atoms with van der Waals surface area (Å²) in [6.07, 6.45) is 2.66. The van der Waals surface area contributed by atoms with Gasteiger partial charge in [-0.2, -0.15) is 5.26 Å². The van der Waals surface area contributed by atoms with Crippen molar-refractivity contribution in [3.8, 4) is 6.07 Å². The van der Waals surface area contributed by atoms with Crippen LogP contribution in [-0.4, -0.2) is 40.6 Å². The zero-order chi connectivity index (χ0) is 20.5. The molecule has 1 aromatic carbocycles. The smallest absolute Gasteiger partial charge is 0.411 e. The lowest BCUT2D eigenvalue weighted by Crippen LogP contribution is -2.55. The molecule has 1 saturated carbocycles. The maximum absolute atomic E-state index is 13.0. The first-order valence-electron chi connectivity index (χ1n) is 9.95. The van der Waals surface area contributed by atoms with Crippen molar-refractivity contribution in [2.45, 2.75) is 77.1 Å². The fourth-order valence-electron chi connectivity index (χ4n) is 4.36. The van der Waals surface area contributed by atoms with E-state index in [1.807, 2.05) is 52.0 Å². The number of nitrogens with zero attached hydrogens (tertiary/aromatic N) is 2. The van der Waals surface area contributed by atoms with Gasteiger partial charge >= 0.3 is 6.09 Å². The van der Waals surface area contributed by atoms with Crippen molar-refractivity contribution >= 4 is 12.0 Å². The molecule has 1 aliphatic heterocycles. The Morgan fingerprint density at radius 1 is 1.36 bits per heavy atom. The number of ether oxygens (including phenoxy) is 1. The molecule has 2 bridgehead atoms. The zero-order valence-corrected chi connectivity index (χ0v) is 17.1. The average Bonchev–Trinajstić information content (AvgIpc) is 3.20. The predicted octanol–water partition coefficient (Wildman–Crippen LogP) is 3.33. The standard InChI is InChI=1S/C22H29N3O3/c1-14-6-5-7-15(10-14)11-17(13-23)24-20(26)19-16-8-9-18(12-16)25(19)21(27)28-22(2,3)4/h5-7,10,16-19H,8-9,11-12H2,1-4H3,(H,24,26)/t16-,17?,18+,19-/m0/s1. The molecule has 2 amide bonds. The monoisotopic (exact) mass is 383 g/mol. The average molecular weight is 383 g/mol. The number of likely N-dealkylation sites (tertiary alicyclic amines) is 1. The molecule has 0 spiro atoms. The highest BCUT2D eigenvalue weighted by atomic mass is 16.6. The SMILES string of the molecule is Cc1cccc(CC(C#N)NC(=O)[C@@H]2[C@H]3CC[C@H](C3)N2C(=O)OC(C)(C)C)c1. The van der Waals surface area contributed by atoms with Crippen LogP contribution < -0.4 is 5.32 Å². The van der Waals surface area contributed by atoms with E-state index in [4.69, 9.17) is 4.74 Å². The van der Waals surface area contributed by atoms with Gasteiger partial charge in [-0.1, -0.05) is 29.8 Å². The molecule has 6 heteroatoms. The topological polar surface area (TPSA) is 82.4 Å². The predicted molar refractivity (Wildman–Crippen MR) is 105 cm³/mol. The second-order valence-corrected chi connectivity index (χ2v) is 8.94. The van der Waals surface area contributed by atoms with Crippen molar-refractivity contribution in [2.24, 2.45) is 5.92 Å². The number of aryl methyl sites for hydroxylation is 1. The largest absolute Gasteiger partial charge is 0.444 e. The van der Waals surface area contributed by atoms with E-state index >= 15 is 0 Å². The van der Waals surface area contributed by atoms with Crippen molar-refractivity contribution in [1.29, 1.82) is 5.26 Å². The minimum atomic E-state index is -0.631. The number of hydrogen-bond acceptors (Lipinski definition) is 4. The van der Waals surface area contributed by atoms with Gasteiger partial charge in [0.25, 0.3) is 0 Å². The number of nitriles is 1. The van der Waals surface area contributed by atoms with E-state index in [0.717, 1.165) is 30.4 Å². The highest BCUT2D eigenvalue weighted by molar-refractivity contribution is 5.87. The number of carbonyl (C=O) groups excluding carboxylic acids is 2. The molecule has 2 aliphatic rings. The fraction of sp³-hybridized carbons (Fsp3) is 0.591. The molecule has 0 aromatic heterocycles. The molecule has 4 atom stereocenters. The van der Waals surface area contributed by atoms with Gasteiger partial charge in [0.15, 0.2) is 0 Å². The molecule has 1 heterocycles. The van der Waals surface area contributed by atoms with Crippen LogP contribution in [-0.2, 0) is 16.0 Å². The van der Waals surface area contributed by atoms with E-state index in [0.29, 0.717) is 6.42 Å². The molecule has 1 unspecified atom stereocenters. The first kappa shape index (κ1) is 20.2. The second-order valence-electron chi connectivity index (χ2n) is 8.94. The van der Waals surface area contributed by atoms with Crippen LogP contribution in [0.5, 0.6) is 0 Å². The second kappa shape index (κ2) is 7.83. The van der Waals surface area contributed by atoms with Crippen LogP contribution >= 0.6 is 0 Å². The molecule has 150 valence electrons. The molecule has 28 heavy (non-hydrogen) atoms. The molecule has 0 radical (unpaired) electrons. The third kappa shape index (κ3) is 4.46. The molecule has 1 N–H and O–H groups in total. The number of hydrogen-bond donors (Lipinski definition) is 1. The Labute approximate surface area is 166 Å². The minimum Gasteiger partial charge on any atom is -0.444 e. The number of amides is 2. The Kier molecular flexibility index (Phi) is 5.64. The fourth-order valence-corrected chi connectivity index (χ4v) is 4.36. The van der Waals surface area contributed by atoms with E-state index in [2.05, 4.69) is 11.4 Å². The van der Waals surface area contributed by atoms with Crippen molar-refractivity contribution in [3.63, 3.8) is 0 Å². The van der Waals surface area contributed by atoms with E-state index in [1.165, 1.54) is 0 Å². The quantitative estimate of drug-likeness (QED) is 0.864. The minimum absolute atomic E-state index is 0.0490. The summed E-state index contributed by atoms with van der Waals surface area (Å²) in [4.78, 5) is 27.3. The summed E-state index contributed by atoms with van der Waals surface area (Å²) in [6, 6.07) is 8.96. The Hall–Kier alpha value is -2.55. The molecular formula is C22H29N3O3. The molecule has 3 rings (SSSR count). The molecule has 1 aromatic rings. The van der Waals surface area contributed by atoms with Gasteiger partial charge in [-0.15, -0.1) is 0 Å². The Bertz CT molecular complexity index is 793. The first-order chi connectivity index (χ1) is 13.2. The summed E-state index contributed by atoms with van der Waals surface area (Å²) in [5.74, 6) is -0.118. The van der Waals surface area contributed by atoms with Crippen LogP contribution in [0.2, 0.25) is 0 Å². The normalized spacial score (nSPS) is 24.5. The van der Waals surface area contributed by atoms with Gasteiger partial charge < -0.3 is 10.1 Å². The molecule has 2 fully saturated rings. The maximum atomic E-state index is 13.0. The van der Waals surface area contributed by atoms with E-state index < -0.39 is 23.8 Å². The van der Waals surface area contributed by atoms with Gasteiger partial charge in [0.1, 0.15) is 17.7 Å². The summed E-state index contributed by atoms with van der Waals surface area (Å²) < 4.78 is 5.54. The van der Waals surface area contributed by atoms with Crippen LogP contribution in [0.1, 0.15) is 51.2 Å². The van der Waals surface area contributed by atoms with Gasteiger partial charge in [0, 0.05) is 12.5 Å². The number of nitrogens with one attached hydrogen (secondary N) is 1. The van der Waals surface area contributed by atoms with Gasteiger partial charge in [0.05, 0.1) is 6.07 Å². The number of piperidine rings is 1. The van der Waals surface area contributed by atoms with Crippen molar-refractivity contribution in [2.75, 3.05) is 0 Å². The first-order valence-corrected chi connectivity index (χ1v) is 9.95. The molecule has 1 aliphatic carbocycles. The molecular weight excluding hydrogens is 354 g/mol. The van der Waals surface area contributed by atoms with Crippen LogP contribution in [0, 0.1) is 24.2 Å². The highest BCUT2D eigenvalue weighted by Crippen LogP contribution is 2.43. The van der Waals surface area contributed by atoms with Gasteiger partial charge in [0.2, 0.25) is 5.91 Å². The number of rotatable bonds is 4. The summed E-state index contributed by atoms with van der Waals surface area (Å²) in [5.41, 5.74) is 1.51.